The molecule has 0 aliphatic carbocycles. The summed E-state index contributed by atoms with van der Waals surface area (Å²) >= 11 is 3.22. The van der Waals surface area contributed by atoms with Gasteiger partial charge in [0.1, 0.15) is 0 Å². The highest BCUT2D eigenvalue weighted by molar-refractivity contribution is 9.10. The summed E-state index contributed by atoms with van der Waals surface area (Å²) in [5, 5.41) is 11.3. The van der Waals surface area contributed by atoms with Crippen molar-refractivity contribution in [3.63, 3.8) is 0 Å². The van der Waals surface area contributed by atoms with E-state index in [9.17, 15) is 13.2 Å². The van der Waals surface area contributed by atoms with Gasteiger partial charge in [-0.2, -0.15) is 0 Å². The van der Waals surface area contributed by atoms with Gasteiger partial charge in [0.15, 0.2) is 0 Å². The van der Waals surface area contributed by atoms with E-state index in [1.54, 1.807) is 13.0 Å². The molecule has 1 aromatic rings. The molecule has 0 radical (unpaired) electrons. The molecule has 2 rings (SSSR count). The Morgan fingerprint density at radius 3 is 2.74 bits per heavy atom. The third kappa shape index (κ3) is 5.42. The Hall–Kier alpha value is -0.670. The molecule has 1 unspecified atom stereocenters. The third-order valence-corrected chi connectivity index (χ3v) is 5.37. The van der Waals surface area contributed by atoms with E-state index in [2.05, 4.69) is 26.6 Å². The maximum Gasteiger partial charge on any atom is 0.251 e. The van der Waals surface area contributed by atoms with Gasteiger partial charge >= 0.3 is 0 Å². The minimum absolute atomic E-state index is 0. The first-order valence-corrected chi connectivity index (χ1v) is 9.45. The minimum atomic E-state index is -3.86. The van der Waals surface area contributed by atoms with Gasteiger partial charge in [-0.05, 0) is 56.5 Å². The number of carbonyl (C=O) groups is 1. The van der Waals surface area contributed by atoms with Crippen molar-refractivity contribution >= 4 is 44.3 Å². The lowest BCUT2D eigenvalue weighted by Crippen LogP contribution is -2.28. The smallest absolute Gasteiger partial charge is 0.251 e. The van der Waals surface area contributed by atoms with Gasteiger partial charge in [0.25, 0.3) is 5.91 Å². The molecular formula is C14H21BrClN3O3S. The van der Waals surface area contributed by atoms with Crippen LogP contribution >= 0.6 is 28.3 Å². The fourth-order valence-electron chi connectivity index (χ4n) is 2.63. The van der Waals surface area contributed by atoms with Crippen LogP contribution in [0.25, 0.3) is 0 Å². The summed E-state index contributed by atoms with van der Waals surface area (Å²) in [5.74, 6) is 0.304. The molecule has 0 saturated carbocycles. The van der Waals surface area contributed by atoms with Crippen LogP contribution < -0.4 is 15.8 Å². The summed E-state index contributed by atoms with van der Waals surface area (Å²) in [7, 11) is -3.86. The number of halogens is 2. The number of hydrogen-bond donors (Lipinski definition) is 3. The van der Waals surface area contributed by atoms with Crippen LogP contribution in [0.2, 0.25) is 0 Å². The lowest BCUT2D eigenvalue weighted by Gasteiger charge is -2.13. The van der Waals surface area contributed by atoms with Crippen LogP contribution in [0.3, 0.4) is 0 Å². The number of benzene rings is 1. The first-order chi connectivity index (χ1) is 10.3. The number of carbonyl (C=O) groups excluding carboxylic acids is 1. The number of hydrogen-bond acceptors (Lipinski definition) is 4. The molecule has 9 heteroatoms. The van der Waals surface area contributed by atoms with Crippen molar-refractivity contribution in [1.82, 2.24) is 10.6 Å². The number of amides is 1. The Labute approximate surface area is 151 Å². The minimum Gasteiger partial charge on any atom is -0.352 e. The summed E-state index contributed by atoms with van der Waals surface area (Å²) in [6.45, 7) is 4.17. The van der Waals surface area contributed by atoms with Gasteiger partial charge in [-0.3, -0.25) is 4.79 Å². The first-order valence-electron chi connectivity index (χ1n) is 7.11. The van der Waals surface area contributed by atoms with Crippen LogP contribution in [-0.4, -0.2) is 34.0 Å². The molecule has 0 aromatic heterocycles. The molecule has 0 bridgehead atoms. The largest absolute Gasteiger partial charge is 0.352 e. The fraction of sp³-hybridized carbons (Fsp3) is 0.500. The lowest BCUT2D eigenvalue weighted by molar-refractivity contribution is 0.0950. The predicted octanol–water partition coefficient (Wildman–Crippen LogP) is 1.56. The van der Waals surface area contributed by atoms with Crippen LogP contribution in [0, 0.1) is 12.8 Å². The van der Waals surface area contributed by atoms with Crippen LogP contribution in [0.15, 0.2) is 21.5 Å². The average molecular weight is 427 g/mol. The Morgan fingerprint density at radius 2 is 2.17 bits per heavy atom. The van der Waals surface area contributed by atoms with Gasteiger partial charge in [0, 0.05) is 16.6 Å². The van der Waals surface area contributed by atoms with E-state index in [0.717, 1.165) is 25.9 Å². The fourth-order valence-corrected chi connectivity index (χ4v) is 4.07. The Morgan fingerprint density at radius 1 is 1.48 bits per heavy atom. The maximum atomic E-state index is 12.3. The zero-order valence-corrected chi connectivity index (χ0v) is 16.0. The number of primary sulfonamides is 1. The maximum absolute atomic E-state index is 12.3. The number of nitrogens with two attached hydrogens (primary N) is 1. The lowest BCUT2D eigenvalue weighted by atomic mass is 10.0. The second-order valence-electron chi connectivity index (χ2n) is 5.52. The van der Waals surface area contributed by atoms with E-state index in [-0.39, 0.29) is 23.2 Å². The van der Waals surface area contributed by atoms with Crippen molar-refractivity contribution in [1.29, 1.82) is 0 Å². The summed E-state index contributed by atoms with van der Waals surface area (Å²) in [5.41, 5.74) is 0.689. The highest BCUT2D eigenvalue weighted by atomic mass is 79.9. The summed E-state index contributed by atoms with van der Waals surface area (Å²) in [6.07, 6.45) is 2.04. The Balaban J connectivity index is 0.00000264. The summed E-state index contributed by atoms with van der Waals surface area (Å²) in [6, 6.07) is 3.02. The standard InChI is InChI=1S/C14H20BrN3O3S.ClH/c1-9-12(6-11(15)7-13(9)22(16,20)21)14(19)18-5-3-10-2-4-17-8-10;/h6-7,10,17H,2-5,8H2,1H3,(H,18,19)(H2,16,20,21);1H. The second-order valence-corrected chi connectivity index (χ2v) is 7.97. The normalized spacial score (nSPS) is 17.6. The highest BCUT2D eigenvalue weighted by Crippen LogP contribution is 2.24. The molecule has 1 heterocycles. The predicted molar refractivity (Wildman–Crippen MR) is 95.4 cm³/mol. The molecule has 130 valence electrons. The van der Waals surface area contributed by atoms with Gasteiger partial charge in [0.05, 0.1) is 4.90 Å². The van der Waals surface area contributed by atoms with Crippen molar-refractivity contribution in [3.8, 4) is 0 Å². The van der Waals surface area contributed by atoms with Crippen molar-refractivity contribution < 1.29 is 13.2 Å². The van der Waals surface area contributed by atoms with Crippen molar-refractivity contribution in [3.05, 3.63) is 27.7 Å². The van der Waals surface area contributed by atoms with Crippen molar-refractivity contribution in [2.45, 2.75) is 24.7 Å². The molecule has 1 aliphatic heterocycles. The van der Waals surface area contributed by atoms with E-state index in [4.69, 9.17) is 5.14 Å². The average Bonchev–Trinajstić information content (AvgIpc) is 2.92. The molecule has 0 spiro atoms. The topological polar surface area (TPSA) is 101 Å². The molecule has 6 nitrogen and oxygen atoms in total. The SMILES string of the molecule is Cc1c(C(=O)NCCC2CCNC2)cc(Br)cc1S(N)(=O)=O.Cl. The monoisotopic (exact) mass is 425 g/mol. The van der Waals surface area contributed by atoms with Gasteiger partial charge in [0.2, 0.25) is 10.0 Å². The molecule has 1 aliphatic rings. The van der Waals surface area contributed by atoms with Gasteiger partial charge in [-0.15, -0.1) is 12.4 Å². The highest BCUT2D eigenvalue weighted by Gasteiger charge is 2.20. The van der Waals surface area contributed by atoms with E-state index in [0.29, 0.717) is 28.1 Å². The van der Waals surface area contributed by atoms with Crippen LogP contribution in [0.5, 0.6) is 0 Å². The van der Waals surface area contributed by atoms with E-state index in [1.165, 1.54) is 6.07 Å². The van der Waals surface area contributed by atoms with Crippen LogP contribution in [0.4, 0.5) is 0 Å². The Kier molecular flexibility index (Phi) is 7.47. The zero-order valence-electron chi connectivity index (χ0n) is 12.8. The van der Waals surface area contributed by atoms with E-state index >= 15 is 0 Å². The number of nitrogens with one attached hydrogen (secondary N) is 2. The van der Waals surface area contributed by atoms with Gasteiger partial charge in [-0.1, -0.05) is 15.9 Å². The molecular weight excluding hydrogens is 406 g/mol. The molecule has 1 amide bonds. The van der Waals surface area contributed by atoms with Crippen molar-refractivity contribution in [2.24, 2.45) is 11.1 Å². The summed E-state index contributed by atoms with van der Waals surface area (Å²) in [4.78, 5) is 12.3. The van der Waals surface area contributed by atoms with Crippen molar-refractivity contribution in [2.75, 3.05) is 19.6 Å². The van der Waals surface area contributed by atoms with Crippen LogP contribution in [-0.2, 0) is 10.0 Å². The number of rotatable bonds is 5. The second kappa shape index (κ2) is 8.43. The number of sulfonamides is 1. The quantitative estimate of drug-likeness (QED) is 0.665. The zero-order chi connectivity index (χ0) is 16.3. The Bertz CT molecular complexity index is 676. The molecule has 23 heavy (non-hydrogen) atoms. The molecule has 1 fully saturated rings. The van der Waals surface area contributed by atoms with Crippen LogP contribution in [0.1, 0.15) is 28.8 Å². The molecule has 4 N–H and O–H groups in total. The third-order valence-electron chi connectivity index (χ3n) is 3.88. The molecule has 1 aromatic carbocycles. The van der Waals surface area contributed by atoms with E-state index in [1.807, 2.05) is 0 Å². The first kappa shape index (κ1) is 20.4. The van der Waals surface area contributed by atoms with Gasteiger partial charge in [-0.25, -0.2) is 13.6 Å². The molecule has 1 atom stereocenters. The summed E-state index contributed by atoms with van der Waals surface area (Å²) < 4.78 is 23.7. The van der Waals surface area contributed by atoms with Gasteiger partial charge < -0.3 is 10.6 Å². The van der Waals surface area contributed by atoms with E-state index < -0.39 is 10.0 Å². The molecule has 1 saturated heterocycles.